The molecule has 3 heterocycles. The molecule has 0 aliphatic carbocycles. The maximum Gasteiger partial charge on any atom is 0.274 e. The van der Waals surface area contributed by atoms with E-state index in [1.807, 2.05) is 18.5 Å². The summed E-state index contributed by atoms with van der Waals surface area (Å²) in [6.45, 7) is 6.83. The van der Waals surface area contributed by atoms with E-state index < -0.39 is 0 Å². The predicted molar refractivity (Wildman–Crippen MR) is 85.4 cm³/mol. The Morgan fingerprint density at radius 3 is 2.74 bits per heavy atom. The van der Waals surface area contributed by atoms with E-state index in [-0.39, 0.29) is 22.7 Å². The number of carbonyl (C=O) groups excluding carboxylic acids is 1. The summed E-state index contributed by atoms with van der Waals surface area (Å²) in [4.78, 5) is 27.1. The smallest absolute Gasteiger partial charge is 0.274 e. The van der Waals surface area contributed by atoms with E-state index in [9.17, 15) is 4.79 Å². The Kier molecular flexibility index (Phi) is 4.30. The van der Waals surface area contributed by atoms with Gasteiger partial charge in [0.2, 0.25) is 0 Å². The lowest BCUT2D eigenvalue weighted by molar-refractivity contribution is 0.0665. The van der Waals surface area contributed by atoms with Crippen LogP contribution in [0.5, 0.6) is 0 Å². The van der Waals surface area contributed by atoms with Crippen LogP contribution in [0.1, 0.15) is 46.8 Å². The summed E-state index contributed by atoms with van der Waals surface area (Å²) >= 11 is 6.09. The van der Waals surface area contributed by atoms with Gasteiger partial charge >= 0.3 is 0 Å². The number of hydrogen-bond donors (Lipinski definition) is 0. The molecule has 0 saturated carbocycles. The van der Waals surface area contributed by atoms with Gasteiger partial charge in [0.25, 0.3) is 5.91 Å². The molecule has 0 bridgehead atoms. The third-order valence-electron chi connectivity index (χ3n) is 4.00. The minimum Gasteiger partial charge on any atom is -0.335 e. The highest BCUT2D eigenvalue weighted by Gasteiger charge is 2.29. The van der Waals surface area contributed by atoms with Crippen LogP contribution in [0.3, 0.4) is 0 Å². The summed E-state index contributed by atoms with van der Waals surface area (Å²) in [5.41, 5.74) is 0.270. The summed E-state index contributed by atoms with van der Waals surface area (Å²) in [6.07, 6.45) is 3.36. The van der Waals surface area contributed by atoms with Gasteiger partial charge < -0.3 is 4.90 Å². The summed E-state index contributed by atoms with van der Waals surface area (Å²) in [5, 5.41) is 4.74. The Labute approximate surface area is 139 Å². The molecule has 1 saturated heterocycles. The zero-order chi connectivity index (χ0) is 16.6. The highest BCUT2D eigenvalue weighted by atomic mass is 35.5. The Hall–Kier alpha value is -2.02. The summed E-state index contributed by atoms with van der Waals surface area (Å²) < 4.78 is 1.92. The van der Waals surface area contributed by atoms with E-state index in [2.05, 4.69) is 20.1 Å². The van der Waals surface area contributed by atoms with Crippen molar-refractivity contribution in [3.63, 3.8) is 0 Å². The first kappa shape index (κ1) is 15.9. The molecular weight excluding hydrogens is 316 g/mol. The highest BCUT2D eigenvalue weighted by Crippen LogP contribution is 2.24. The van der Waals surface area contributed by atoms with Crippen molar-refractivity contribution in [3.8, 4) is 0 Å². The molecule has 1 aliphatic heterocycles. The van der Waals surface area contributed by atoms with Crippen LogP contribution in [0.2, 0.25) is 5.02 Å². The van der Waals surface area contributed by atoms with E-state index in [0.29, 0.717) is 18.9 Å². The van der Waals surface area contributed by atoms with Crippen molar-refractivity contribution in [3.05, 3.63) is 34.4 Å². The molecule has 1 aliphatic rings. The monoisotopic (exact) mass is 334 g/mol. The van der Waals surface area contributed by atoms with Gasteiger partial charge in [0.1, 0.15) is 17.5 Å². The molecule has 1 atom stereocenters. The number of rotatable bonds is 2. The van der Waals surface area contributed by atoms with Gasteiger partial charge in [-0.2, -0.15) is 5.10 Å². The first-order valence-corrected chi connectivity index (χ1v) is 8.01. The van der Waals surface area contributed by atoms with E-state index in [4.69, 9.17) is 11.6 Å². The second-order valence-corrected chi connectivity index (χ2v) is 6.22. The van der Waals surface area contributed by atoms with E-state index >= 15 is 0 Å². The van der Waals surface area contributed by atoms with Crippen molar-refractivity contribution >= 4 is 17.5 Å². The minimum atomic E-state index is -0.153. The lowest BCUT2D eigenvalue weighted by atomic mass is 10.1. The van der Waals surface area contributed by atoms with Crippen LogP contribution in [0.25, 0.3) is 0 Å². The second-order valence-electron chi connectivity index (χ2n) is 5.81. The molecule has 3 rings (SSSR count). The van der Waals surface area contributed by atoms with Crippen LogP contribution in [-0.4, -0.2) is 48.6 Å². The molecule has 8 heteroatoms. The molecule has 0 aromatic carbocycles. The number of carbonyl (C=O) groups is 1. The Morgan fingerprint density at radius 1 is 1.26 bits per heavy atom. The Balaban J connectivity index is 1.82. The van der Waals surface area contributed by atoms with Gasteiger partial charge in [0, 0.05) is 13.1 Å². The van der Waals surface area contributed by atoms with Crippen LogP contribution in [0, 0.1) is 20.8 Å². The molecule has 2 aromatic heterocycles. The molecule has 2 aromatic rings. The Bertz CT molecular complexity index is 744. The van der Waals surface area contributed by atoms with Gasteiger partial charge in [-0.3, -0.25) is 4.79 Å². The molecule has 1 fully saturated rings. The zero-order valence-corrected chi connectivity index (χ0v) is 14.2. The second kappa shape index (κ2) is 6.23. The number of likely N-dealkylation sites (tertiary alicyclic amines) is 1. The number of piperidine rings is 1. The van der Waals surface area contributed by atoms with Crippen LogP contribution in [0.15, 0.2) is 6.20 Å². The summed E-state index contributed by atoms with van der Waals surface area (Å²) in [6, 6.07) is 0.135. The predicted octanol–water partition coefficient (Wildman–Crippen LogP) is 2.12. The molecule has 1 amide bonds. The fourth-order valence-corrected chi connectivity index (χ4v) is 3.15. The summed E-state index contributed by atoms with van der Waals surface area (Å²) in [7, 11) is 0. The van der Waals surface area contributed by atoms with Gasteiger partial charge in [0.15, 0.2) is 5.69 Å². The van der Waals surface area contributed by atoms with Gasteiger partial charge in [0.05, 0.1) is 17.3 Å². The van der Waals surface area contributed by atoms with Gasteiger partial charge in [-0.15, -0.1) is 0 Å². The molecule has 23 heavy (non-hydrogen) atoms. The van der Waals surface area contributed by atoms with Crippen molar-refractivity contribution in [1.82, 2.24) is 29.6 Å². The average molecular weight is 335 g/mol. The van der Waals surface area contributed by atoms with Crippen LogP contribution < -0.4 is 0 Å². The highest BCUT2D eigenvalue weighted by molar-refractivity contribution is 6.33. The van der Waals surface area contributed by atoms with Gasteiger partial charge in [-0.1, -0.05) is 11.6 Å². The van der Waals surface area contributed by atoms with Crippen molar-refractivity contribution in [2.45, 2.75) is 39.7 Å². The number of amides is 1. The lowest BCUT2D eigenvalue weighted by Crippen LogP contribution is -2.41. The van der Waals surface area contributed by atoms with Crippen LogP contribution >= 0.6 is 11.6 Å². The maximum atomic E-state index is 12.7. The van der Waals surface area contributed by atoms with E-state index in [1.165, 1.54) is 6.20 Å². The number of aryl methyl sites for hydroxylation is 3. The third kappa shape index (κ3) is 3.19. The lowest BCUT2D eigenvalue weighted by Gasteiger charge is -2.33. The van der Waals surface area contributed by atoms with Crippen LogP contribution in [0.4, 0.5) is 0 Å². The van der Waals surface area contributed by atoms with Crippen molar-refractivity contribution in [1.29, 1.82) is 0 Å². The van der Waals surface area contributed by atoms with Gasteiger partial charge in [-0.25, -0.2) is 19.6 Å². The molecule has 0 radical (unpaired) electrons. The fraction of sp³-hybridized carbons (Fsp3) is 0.533. The zero-order valence-electron chi connectivity index (χ0n) is 13.5. The van der Waals surface area contributed by atoms with Crippen molar-refractivity contribution in [2.75, 3.05) is 13.1 Å². The molecule has 7 nitrogen and oxygen atoms in total. The maximum absolute atomic E-state index is 12.7. The normalized spacial score (nSPS) is 18.3. The van der Waals surface area contributed by atoms with E-state index in [1.54, 1.807) is 11.8 Å². The molecule has 0 N–H and O–H groups in total. The number of halogens is 1. The third-order valence-corrected chi connectivity index (χ3v) is 4.28. The number of hydrogen-bond acceptors (Lipinski definition) is 5. The molecule has 0 spiro atoms. The first-order chi connectivity index (χ1) is 11.0. The molecule has 0 unspecified atom stereocenters. The molecular formula is C15H19ClN6O. The minimum absolute atomic E-state index is 0.135. The quantitative estimate of drug-likeness (QED) is 0.840. The Morgan fingerprint density at radius 2 is 2.04 bits per heavy atom. The number of nitrogens with zero attached hydrogens (tertiary/aromatic N) is 6. The SMILES string of the molecule is Cc1ncc(Cl)c(C(=O)N2CCC[C@H](n3nc(C)nc3C)C2)n1. The van der Waals surface area contributed by atoms with Gasteiger partial charge in [-0.05, 0) is 33.6 Å². The average Bonchev–Trinajstić information content (AvgIpc) is 2.88. The van der Waals surface area contributed by atoms with Crippen molar-refractivity contribution < 1.29 is 4.79 Å². The van der Waals surface area contributed by atoms with E-state index in [0.717, 1.165) is 24.5 Å². The topological polar surface area (TPSA) is 76.8 Å². The standard InChI is InChI=1S/C15H19ClN6O/c1-9-17-7-13(16)14(19-9)15(23)21-6-4-5-12(8-21)22-11(3)18-10(2)20-22/h7,12H,4-6,8H2,1-3H3/t12-/m0/s1. The largest absolute Gasteiger partial charge is 0.335 e. The van der Waals surface area contributed by atoms with Crippen molar-refractivity contribution in [2.24, 2.45) is 0 Å². The summed E-state index contributed by atoms with van der Waals surface area (Å²) in [5.74, 6) is 2.01. The molecule has 122 valence electrons. The number of aromatic nitrogens is 5. The van der Waals surface area contributed by atoms with Crippen LogP contribution in [-0.2, 0) is 0 Å². The first-order valence-electron chi connectivity index (χ1n) is 7.64. The fourth-order valence-electron chi connectivity index (χ4n) is 2.98.